The summed E-state index contributed by atoms with van der Waals surface area (Å²) >= 11 is 1.50. The van der Waals surface area contributed by atoms with Crippen molar-refractivity contribution >= 4 is 44.9 Å². The van der Waals surface area contributed by atoms with Crippen molar-refractivity contribution in [2.24, 2.45) is 5.92 Å². The van der Waals surface area contributed by atoms with Crippen LogP contribution in [-0.2, 0) is 15.0 Å². The number of nitrogens with zero attached hydrogens (tertiary/aromatic N) is 4. The first kappa shape index (κ1) is 19.2. The molecule has 1 N–H and O–H groups in total. The molecule has 1 unspecified atom stereocenters. The Bertz CT molecular complexity index is 1370. The van der Waals surface area contributed by atoms with Gasteiger partial charge in [0.15, 0.2) is 0 Å². The number of hydrogen-bond donors (Lipinski definition) is 1. The van der Waals surface area contributed by atoms with Crippen LogP contribution in [0.3, 0.4) is 0 Å². The fourth-order valence-corrected chi connectivity index (χ4v) is 5.82. The summed E-state index contributed by atoms with van der Waals surface area (Å²) in [5.74, 6) is 0.557. The molecule has 2 aromatic heterocycles. The number of carbonyl (C=O) groups is 2. The van der Waals surface area contributed by atoms with Crippen LogP contribution in [0, 0.1) is 5.92 Å². The predicted octanol–water partition coefficient (Wildman–Crippen LogP) is 4.11. The smallest absolute Gasteiger partial charge is 0.242 e. The third kappa shape index (κ3) is 2.53. The number of anilines is 2. The average Bonchev–Trinajstić information content (AvgIpc) is 3.44. The van der Waals surface area contributed by atoms with Gasteiger partial charge in [-0.1, -0.05) is 55.5 Å². The van der Waals surface area contributed by atoms with E-state index in [-0.39, 0.29) is 18.2 Å². The highest BCUT2D eigenvalue weighted by molar-refractivity contribution is 7.20. The van der Waals surface area contributed by atoms with Gasteiger partial charge < -0.3 is 10.2 Å². The number of thiazole rings is 1. The zero-order valence-electron chi connectivity index (χ0n) is 17.7. The number of rotatable bonds is 3. The first-order chi connectivity index (χ1) is 15.5. The number of nitrogens with one attached hydrogen (secondary N) is 1. The summed E-state index contributed by atoms with van der Waals surface area (Å²) in [6.07, 6.45) is 1.78. The molecule has 2 aliphatic heterocycles. The quantitative estimate of drug-likeness (QED) is 0.517. The van der Waals surface area contributed by atoms with Gasteiger partial charge in [0.25, 0.3) is 0 Å². The normalized spacial score (nSPS) is 19.7. The van der Waals surface area contributed by atoms with Gasteiger partial charge in [0.2, 0.25) is 16.9 Å². The van der Waals surface area contributed by atoms with E-state index in [2.05, 4.69) is 24.3 Å². The molecule has 0 radical (unpaired) electrons. The Morgan fingerprint density at radius 2 is 1.88 bits per heavy atom. The average molecular weight is 444 g/mol. The van der Waals surface area contributed by atoms with E-state index in [4.69, 9.17) is 4.98 Å². The summed E-state index contributed by atoms with van der Waals surface area (Å²) in [7, 11) is 0. The summed E-state index contributed by atoms with van der Waals surface area (Å²) in [5, 5.41) is 8.21. The Morgan fingerprint density at radius 3 is 2.69 bits per heavy atom. The molecule has 0 bridgehead atoms. The third-order valence-electron chi connectivity index (χ3n) is 6.19. The van der Waals surface area contributed by atoms with Crippen molar-refractivity contribution in [3.8, 4) is 5.13 Å². The minimum absolute atomic E-state index is 0.0626. The lowest BCUT2D eigenvalue weighted by molar-refractivity contribution is -0.126. The van der Waals surface area contributed by atoms with Crippen molar-refractivity contribution < 1.29 is 9.59 Å². The minimum atomic E-state index is -1.07. The van der Waals surface area contributed by atoms with E-state index in [1.54, 1.807) is 10.9 Å². The molecule has 160 valence electrons. The second kappa shape index (κ2) is 6.74. The van der Waals surface area contributed by atoms with Gasteiger partial charge in [-0.2, -0.15) is 9.78 Å². The van der Waals surface area contributed by atoms with Crippen molar-refractivity contribution in [1.29, 1.82) is 0 Å². The maximum absolute atomic E-state index is 14.0. The van der Waals surface area contributed by atoms with Gasteiger partial charge in [-0.05, 0) is 29.7 Å². The van der Waals surface area contributed by atoms with Gasteiger partial charge in [0, 0.05) is 24.2 Å². The van der Waals surface area contributed by atoms with Gasteiger partial charge in [0.1, 0.15) is 11.2 Å². The van der Waals surface area contributed by atoms with Crippen molar-refractivity contribution in [1.82, 2.24) is 14.8 Å². The van der Waals surface area contributed by atoms with E-state index in [9.17, 15) is 9.59 Å². The fraction of sp³-hybridized carbons (Fsp3) is 0.250. The summed E-state index contributed by atoms with van der Waals surface area (Å²) in [4.78, 5) is 33.5. The molecule has 8 heteroatoms. The molecule has 1 atom stereocenters. The van der Waals surface area contributed by atoms with E-state index >= 15 is 0 Å². The van der Waals surface area contributed by atoms with E-state index in [1.165, 1.54) is 11.3 Å². The number of fused-ring (bicyclic) bond motifs is 5. The Balaban J connectivity index is 1.56. The molecule has 0 fully saturated rings. The lowest BCUT2D eigenvalue weighted by Gasteiger charge is -2.32. The highest BCUT2D eigenvalue weighted by atomic mass is 32.1. The molecule has 6 rings (SSSR count). The highest BCUT2D eigenvalue weighted by Gasteiger charge is 2.57. The van der Waals surface area contributed by atoms with Crippen LogP contribution in [0.5, 0.6) is 0 Å². The number of amides is 2. The number of hydrogen-bond acceptors (Lipinski definition) is 5. The zero-order valence-corrected chi connectivity index (χ0v) is 18.5. The molecule has 0 saturated heterocycles. The summed E-state index contributed by atoms with van der Waals surface area (Å²) in [6.45, 7) is 4.77. The van der Waals surface area contributed by atoms with Crippen LogP contribution in [0.4, 0.5) is 11.5 Å². The largest absolute Gasteiger partial charge is 0.311 e. The Hall–Kier alpha value is -3.52. The molecule has 4 aromatic rings. The van der Waals surface area contributed by atoms with Gasteiger partial charge in [-0.3, -0.25) is 9.59 Å². The second-order valence-corrected chi connectivity index (χ2v) is 9.75. The van der Waals surface area contributed by atoms with Gasteiger partial charge >= 0.3 is 0 Å². The SMILES string of the molecule is CC(C)CN1C(=O)C2(CC(=O)Nc3c2cnn3-c2nc3ccccc3s2)c2ccccc21. The molecular weight excluding hydrogens is 422 g/mol. The number of carbonyl (C=O) groups excluding carboxylic acids is 2. The van der Waals surface area contributed by atoms with Crippen LogP contribution < -0.4 is 10.2 Å². The first-order valence-corrected chi connectivity index (χ1v) is 11.5. The highest BCUT2D eigenvalue weighted by Crippen LogP contribution is 2.52. The molecule has 0 aliphatic carbocycles. The maximum Gasteiger partial charge on any atom is 0.242 e. The molecule has 2 aromatic carbocycles. The number of aromatic nitrogens is 3. The summed E-state index contributed by atoms with van der Waals surface area (Å²) in [6, 6.07) is 15.7. The third-order valence-corrected chi connectivity index (χ3v) is 7.20. The predicted molar refractivity (Wildman–Crippen MR) is 124 cm³/mol. The van der Waals surface area contributed by atoms with Gasteiger partial charge in [0.05, 0.1) is 16.4 Å². The Kier molecular flexibility index (Phi) is 4.04. The topological polar surface area (TPSA) is 80.1 Å². The molecular formula is C24H21N5O2S. The zero-order chi connectivity index (χ0) is 22.0. The van der Waals surface area contributed by atoms with Crippen molar-refractivity contribution in [3.05, 3.63) is 65.9 Å². The molecule has 7 nitrogen and oxygen atoms in total. The second-order valence-electron chi connectivity index (χ2n) is 8.74. The number of para-hydroxylation sites is 2. The van der Waals surface area contributed by atoms with Crippen LogP contribution in [0.2, 0.25) is 0 Å². The number of benzene rings is 2. The Labute approximate surface area is 188 Å². The van der Waals surface area contributed by atoms with Crippen LogP contribution in [0.1, 0.15) is 31.4 Å². The van der Waals surface area contributed by atoms with E-state index in [0.717, 1.165) is 27.0 Å². The van der Waals surface area contributed by atoms with Crippen LogP contribution in [0.25, 0.3) is 15.3 Å². The van der Waals surface area contributed by atoms with Gasteiger partial charge in [-0.15, -0.1) is 0 Å². The maximum atomic E-state index is 14.0. The van der Waals surface area contributed by atoms with Crippen molar-refractivity contribution in [2.75, 3.05) is 16.8 Å². The van der Waals surface area contributed by atoms with E-state index in [0.29, 0.717) is 23.4 Å². The molecule has 0 saturated carbocycles. The standard InChI is InChI=1S/C24H21N5O2S/c1-14(2)13-28-18-9-5-3-7-15(18)24(22(28)31)11-20(30)27-21-16(24)12-25-29(21)23-26-17-8-4-6-10-19(17)32-23/h3-10,12,14H,11,13H2,1-2H3,(H,27,30). The Morgan fingerprint density at radius 1 is 1.09 bits per heavy atom. The van der Waals surface area contributed by atoms with Crippen LogP contribution in [0.15, 0.2) is 54.7 Å². The molecule has 2 aliphatic rings. The van der Waals surface area contributed by atoms with E-state index in [1.807, 2.05) is 53.4 Å². The lowest BCUT2D eigenvalue weighted by atomic mass is 9.72. The lowest BCUT2D eigenvalue weighted by Crippen LogP contribution is -2.47. The minimum Gasteiger partial charge on any atom is -0.311 e. The fourth-order valence-electron chi connectivity index (χ4n) is 4.89. The van der Waals surface area contributed by atoms with Crippen molar-refractivity contribution in [3.63, 3.8) is 0 Å². The van der Waals surface area contributed by atoms with E-state index < -0.39 is 5.41 Å². The van der Waals surface area contributed by atoms with Crippen LogP contribution >= 0.6 is 11.3 Å². The monoisotopic (exact) mass is 443 g/mol. The molecule has 1 spiro atoms. The van der Waals surface area contributed by atoms with Crippen molar-refractivity contribution in [2.45, 2.75) is 25.7 Å². The molecule has 32 heavy (non-hydrogen) atoms. The molecule has 4 heterocycles. The first-order valence-electron chi connectivity index (χ1n) is 10.6. The van der Waals surface area contributed by atoms with Gasteiger partial charge in [-0.25, -0.2) is 4.98 Å². The summed E-state index contributed by atoms with van der Waals surface area (Å²) in [5.41, 5.74) is 2.27. The molecule has 2 amide bonds. The van der Waals surface area contributed by atoms with Crippen LogP contribution in [-0.4, -0.2) is 33.1 Å². The summed E-state index contributed by atoms with van der Waals surface area (Å²) < 4.78 is 2.69.